The summed E-state index contributed by atoms with van der Waals surface area (Å²) in [7, 11) is 0. The molecule has 12 N–H and O–H groups in total. The fourth-order valence-corrected chi connectivity index (χ4v) is 5.24. The topological polar surface area (TPSA) is 295 Å². The number of benzene rings is 1. The lowest BCUT2D eigenvalue weighted by Crippen LogP contribution is -2.72. The maximum atomic E-state index is 13.9. The molecule has 3 aliphatic rings. The third kappa shape index (κ3) is 5.47. The summed E-state index contributed by atoms with van der Waals surface area (Å²) in [4.78, 5) is 27.6. The third-order valence-electron chi connectivity index (χ3n) is 7.72. The minimum Gasteiger partial charge on any atom is -0.508 e. The number of hydrogen-bond donors (Lipinski definition) is 12. The molecule has 0 amide bonds. The molecule has 0 radical (unpaired) electrons. The molecule has 0 spiro atoms. The Labute approximate surface area is 242 Å². The molecule has 11 atom stereocenters. The smallest absolute Gasteiger partial charge is 0.219 e. The van der Waals surface area contributed by atoms with Crippen molar-refractivity contribution in [3.8, 4) is 5.75 Å². The molecular formula is C27H32O16. The van der Waals surface area contributed by atoms with E-state index < -0.39 is 114 Å². The standard InChI is InChI=1S/C27H32O16/c28-7-12-16(32)19(35)21(37)23(42-12)15-18(34)14(11(31)6-3-9-1-4-10(30)5-2-9)24(39)27(41,25(15)40)26-22(38)20(36)17(33)13(8-29)43-26/h1-6,12-13,16-17,19-23,26,28-38,41H,7-8H2/b6-3+,14-11-/t12-,13-,16-,17-,19+,20+,21-,22-,23-,26?,27?/m1/s1. The Morgan fingerprint density at radius 1 is 0.767 bits per heavy atom. The maximum Gasteiger partial charge on any atom is 0.219 e. The molecule has 1 aromatic carbocycles. The number of rotatable bonds is 6. The van der Waals surface area contributed by atoms with Gasteiger partial charge in [0.05, 0.1) is 18.8 Å². The molecule has 236 valence electrons. The molecule has 16 nitrogen and oxygen atoms in total. The minimum atomic E-state index is -3.63. The van der Waals surface area contributed by atoms with Crippen molar-refractivity contribution in [1.82, 2.24) is 0 Å². The van der Waals surface area contributed by atoms with Gasteiger partial charge < -0.3 is 70.8 Å². The van der Waals surface area contributed by atoms with Gasteiger partial charge in [0.1, 0.15) is 83.9 Å². The minimum absolute atomic E-state index is 0.0879. The molecule has 0 bridgehead atoms. The normalized spacial score (nSPS) is 40.3. The summed E-state index contributed by atoms with van der Waals surface area (Å²) in [6.07, 6.45) is -18.7. The van der Waals surface area contributed by atoms with Crippen LogP contribution in [0.4, 0.5) is 0 Å². The van der Waals surface area contributed by atoms with Gasteiger partial charge in [-0.2, -0.15) is 0 Å². The van der Waals surface area contributed by atoms with E-state index in [1.54, 1.807) is 0 Å². The van der Waals surface area contributed by atoms with Gasteiger partial charge in [-0.1, -0.05) is 18.2 Å². The van der Waals surface area contributed by atoms with E-state index in [0.29, 0.717) is 5.56 Å². The number of phenolic OH excluding ortho intramolecular Hbond substituents is 1. The maximum absolute atomic E-state index is 13.9. The van der Waals surface area contributed by atoms with Crippen molar-refractivity contribution in [1.29, 1.82) is 0 Å². The molecule has 4 rings (SSSR count). The largest absolute Gasteiger partial charge is 0.508 e. The van der Waals surface area contributed by atoms with Crippen molar-refractivity contribution >= 4 is 17.6 Å². The highest BCUT2D eigenvalue weighted by Gasteiger charge is 2.65. The average Bonchev–Trinajstić information content (AvgIpc) is 2.98. The number of ether oxygens (including phenoxy) is 2. The molecular weight excluding hydrogens is 580 g/mol. The number of hydrogen-bond acceptors (Lipinski definition) is 16. The first-order valence-corrected chi connectivity index (χ1v) is 13.0. The highest BCUT2D eigenvalue weighted by atomic mass is 16.6. The summed E-state index contributed by atoms with van der Waals surface area (Å²) >= 11 is 0. The van der Waals surface area contributed by atoms with Crippen LogP contribution < -0.4 is 0 Å². The zero-order chi connectivity index (χ0) is 32.0. The van der Waals surface area contributed by atoms with Crippen LogP contribution in [0.3, 0.4) is 0 Å². The lowest BCUT2D eigenvalue weighted by molar-refractivity contribution is -0.261. The van der Waals surface area contributed by atoms with Crippen LogP contribution in [0.5, 0.6) is 5.75 Å². The van der Waals surface area contributed by atoms with Crippen molar-refractivity contribution in [3.05, 3.63) is 58.6 Å². The molecule has 0 saturated carbocycles. The van der Waals surface area contributed by atoms with Crippen LogP contribution in [0.15, 0.2) is 53.0 Å². The van der Waals surface area contributed by atoms with Crippen LogP contribution in [-0.2, 0) is 19.1 Å². The molecule has 1 aromatic rings. The lowest BCUT2D eigenvalue weighted by Gasteiger charge is -2.48. The van der Waals surface area contributed by atoms with E-state index in [-0.39, 0.29) is 5.75 Å². The van der Waals surface area contributed by atoms with E-state index in [1.807, 2.05) is 0 Å². The number of carbonyl (C=O) groups is 2. The second kappa shape index (κ2) is 12.4. The van der Waals surface area contributed by atoms with E-state index >= 15 is 0 Å². The molecule has 2 aliphatic heterocycles. The second-order valence-electron chi connectivity index (χ2n) is 10.4. The summed E-state index contributed by atoms with van der Waals surface area (Å²) in [5.41, 5.74) is -5.62. The number of aromatic hydroxyl groups is 1. The average molecular weight is 613 g/mol. The van der Waals surface area contributed by atoms with Gasteiger partial charge >= 0.3 is 0 Å². The summed E-state index contributed by atoms with van der Waals surface area (Å²) in [6.45, 7) is -1.99. The first kappa shape index (κ1) is 32.6. The molecule has 1 aliphatic carbocycles. The van der Waals surface area contributed by atoms with Gasteiger partial charge in [-0.15, -0.1) is 0 Å². The molecule has 2 fully saturated rings. The zero-order valence-corrected chi connectivity index (χ0v) is 22.2. The van der Waals surface area contributed by atoms with Crippen molar-refractivity contribution < 1.29 is 80.3 Å². The van der Waals surface area contributed by atoms with Crippen LogP contribution in [-0.4, -0.2) is 153 Å². The Kier molecular flexibility index (Phi) is 9.41. The van der Waals surface area contributed by atoms with Gasteiger partial charge in [0.25, 0.3) is 0 Å². The van der Waals surface area contributed by atoms with Crippen LogP contribution in [0.2, 0.25) is 0 Å². The van der Waals surface area contributed by atoms with Gasteiger partial charge in [0, 0.05) is 0 Å². The van der Waals surface area contributed by atoms with E-state index in [9.17, 15) is 70.9 Å². The zero-order valence-electron chi connectivity index (χ0n) is 22.2. The van der Waals surface area contributed by atoms with E-state index in [2.05, 4.69) is 0 Å². The number of ketones is 2. The first-order valence-electron chi connectivity index (χ1n) is 13.0. The monoisotopic (exact) mass is 612 g/mol. The lowest BCUT2D eigenvalue weighted by atomic mass is 9.69. The third-order valence-corrected chi connectivity index (χ3v) is 7.72. The van der Waals surface area contributed by atoms with Crippen LogP contribution >= 0.6 is 0 Å². The van der Waals surface area contributed by atoms with Gasteiger partial charge in [-0.25, -0.2) is 0 Å². The molecule has 0 aromatic heterocycles. The number of aliphatic hydroxyl groups excluding tert-OH is 10. The van der Waals surface area contributed by atoms with Crippen molar-refractivity contribution in [2.24, 2.45) is 0 Å². The predicted octanol–water partition coefficient (Wildman–Crippen LogP) is -4.40. The van der Waals surface area contributed by atoms with E-state index in [4.69, 9.17) is 9.47 Å². The van der Waals surface area contributed by atoms with Gasteiger partial charge in [0.15, 0.2) is 0 Å². The van der Waals surface area contributed by atoms with Gasteiger partial charge in [-0.05, 0) is 23.8 Å². The number of phenols is 1. The molecule has 2 heterocycles. The number of aliphatic hydroxyl groups is 11. The fraction of sp³-hybridized carbons (Fsp3) is 0.481. The summed E-state index contributed by atoms with van der Waals surface area (Å²) in [6, 6.07) is 5.38. The molecule has 2 unspecified atom stereocenters. The second-order valence-corrected chi connectivity index (χ2v) is 10.4. The fourth-order valence-electron chi connectivity index (χ4n) is 5.24. The van der Waals surface area contributed by atoms with Crippen LogP contribution in [0, 0.1) is 0 Å². The Morgan fingerprint density at radius 2 is 1.30 bits per heavy atom. The van der Waals surface area contributed by atoms with Crippen LogP contribution in [0.1, 0.15) is 5.56 Å². The number of Topliss-reactive ketones (excluding diaryl/α,β-unsaturated/α-hetero) is 2. The molecule has 2 saturated heterocycles. The quantitative estimate of drug-likeness (QED) is 0.0820. The van der Waals surface area contributed by atoms with Crippen LogP contribution in [0.25, 0.3) is 6.08 Å². The van der Waals surface area contributed by atoms with Gasteiger partial charge in [0.2, 0.25) is 17.2 Å². The van der Waals surface area contributed by atoms with Gasteiger partial charge in [-0.3, -0.25) is 9.59 Å². The Morgan fingerprint density at radius 3 is 1.86 bits per heavy atom. The van der Waals surface area contributed by atoms with E-state index in [0.717, 1.165) is 6.08 Å². The molecule has 16 heteroatoms. The Hall–Kier alpha value is -3.26. The van der Waals surface area contributed by atoms with E-state index in [1.165, 1.54) is 30.3 Å². The Bertz CT molecular complexity index is 1320. The Balaban J connectivity index is 1.92. The highest BCUT2D eigenvalue weighted by molar-refractivity contribution is 6.28. The summed E-state index contributed by atoms with van der Waals surface area (Å²) in [5.74, 6) is -6.12. The van der Waals surface area contributed by atoms with Crippen molar-refractivity contribution in [2.45, 2.75) is 66.6 Å². The summed E-state index contributed by atoms with van der Waals surface area (Å²) < 4.78 is 10.6. The predicted molar refractivity (Wildman–Crippen MR) is 139 cm³/mol. The highest BCUT2D eigenvalue weighted by Crippen LogP contribution is 2.42. The first-order chi connectivity index (χ1) is 20.2. The summed E-state index contributed by atoms with van der Waals surface area (Å²) in [5, 5.41) is 125. The SMILES string of the molecule is O=C1C([C@H]2O[C@H](CO)[C@@H](O)[C@H](O)[C@H]2O)=C(O)/C(=C(O)\C=C\c2ccc(O)cc2)C(=O)C1(O)C1O[C@H](CO)[C@@H](O)[C@H](O)[C@H]1O. The van der Waals surface area contributed by atoms with Crippen molar-refractivity contribution in [3.63, 3.8) is 0 Å². The van der Waals surface area contributed by atoms with Crippen molar-refractivity contribution in [2.75, 3.05) is 13.2 Å². The molecule has 43 heavy (non-hydrogen) atoms. The number of allylic oxidation sites excluding steroid dienone is 2. The number of carbonyl (C=O) groups excluding carboxylic acids is 2.